The molecule has 0 fully saturated rings. The molecule has 0 amide bonds. The summed E-state index contributed by atoms with van der Waals surface area (Å²) in [6, 6.07) is 6.25. The monoisotopic (exact) mass is 302 g/mol. The Hall–Kier alpha value is -1.18. The van der Waals surface area contributed by atoms with E-state index in [1.54, 1.807) is 12.1 Å². The molecule has 19 heavy (non-hydrogen) atoms. The molecule has 5 nitrogen and oxygen atoms in total. The van der Waals surface area contributed by atoms with Crippen molar-refractivity contribution in [3.05, 3.63) is 24.3 Å². The highest BCUT2D eigenvalue weighted by Gasteiger charge is 2.12. The highest BCUT2D eigenvalue weighted by molar-refractivity contribution is 7.89. The molecule has 0 spiro atoms. The van der Waals surface area contributed by atoms with E-state index >= 15 is 0 Å². The molecular weight excluding hydrogens is 284 g/mol. The van der Waals surface area contributed by atoms with Gasteiger partial charge in [0, 0.05) is 6.54 Å². The van der Waals surface area contributed by atoms with E-state index in [2.05, 4.69) is 4.72 Å². The lowest BCUT2D eigenvalue weighted by molar-refractivity contribution is 0.414. The summed E-state index contributed by atoms with van der Waals surface area (Å²) in [7, 11) is -1.92. The zero-order valence-electron chi connectivity index (χ0n) is 10.8. The van der Waals surface area contributed by atoms with Crippen molar-refractivity contribution >= 4 is 27.2 Å². The Morgan fingerprint density at radius 3 is 2.47 bits per heavy atom. The van der Waals surface area contributed by atoms with Crippen molar-refractivity contribution in [1.82, 2.24) is 4.72 Å². The van der Waals surface area contributed by atoms with Gasteiger partial charge in [-0.15, -0.1) is 0 Å². The van der Waals surface area contributed by atoms with Crippen LogP contribution >= 0.6 is 12.2 Å². The zero-order valence-corrected chi connectivity index (χ0v) is 12.4. The summed E-state index contributed by atoms with van der Waals surface area (Å²) in [5.74, 6) is 0.621. The molecule has 1 rings (SSSR count). The fourth-order valence-electron chi connectivity index (χ4n) is 1.47. The lowest BCUT2D eigenvalue weighted by Crippen LogP contribution is -2.25. The predicted octanol–water partition coefficient (Wildman–Crippen LogP) is 1.43. The molecule has 1 aromatic carbocycles. The standard InChI is InChI=1S/C12H18N2O3S2/c1-17-10-5-7-11(8-6-10)19(15,16)14-9-3-2-4-12(13)18/h5-8,14H,2-4,9H2,1H3,(H2,13,18). The fourth-order valence-corrected chi connectivity index (χ4v) is 2.69. The third-order valence-corrected chi connectivity index (χ3v) is 4.19. The van der Waals surface area contributed by atoms with E-state index in [0.29, 0.717) is 30.1 Å². The molecule has 0 aromatic heterocycles. The van der Waals surface area contributed by atoms with Crippen molar-refractivity contribution in [3.8, 4) is 5.75 Å². The Labute approximate surface area is 119 Å². The van der Waals surface area contributed by atoms with E-state index < -0.39 is 10.0 Å². The van der Waals surface area contributed by atoms with Crippen LogP contribution in [0.3, 0.4) is 0 Å². The van der Waals surface area contributed by atoms with Gasteiger partial charge < -0.3 is 10.5 Å². The van der Waals surface area contributed by atoms with Crippen molar-refractivity contribution < 1.29 is 13.2 Å². The number of rotatable bonds is 8. The molecule has 0 unspecified atom stereocenters. The Bertz CT molecular complexity index is 512. The van der Waals surface area contributed by atoms with Crippen LogP contribution in [0.15, 0.2) is 29.2 Å². The summed E-state index contributed by atoms with van der Waals surface area (Å²) in [6.45, 7) is 0.372. The summed E-state index contributed by atoms with van der Waals surface area (Å²) in [6.07, 6.45) is 2.12. The van der Waals surface area contributed by atoms with Gasteiger partial charge in [-0.05, 0) is 43.5 Å². The number of nitrogens with one attached hydrogen (secondary N) is 1. The largest absolute Gasteiger partial charge is 0.497 e. The molecule has 1 aromatic rings. The second-order valence-electron chi connectivity index (χ2n) is 4.00. The Balaban J connectivity index is 2.48. The quantitative estimate of drug-likeness (QED) is 0.561. The van der Waals surface area contributed by atoms with Crippen molar-refractivity contribution in [2.24, 2.45) is 5.73 Å². The van der Waals surface area contributed by atoms with Crippen LogP contribution in [0.25, 0.3) is 0 Å². The molecule has 0 aliphatic rings. The van der Waals surface area contributed by atoms with E-state index in [9.17, 15) is 8.42 Å². The minimum Gasteiger partial charge on any atom is -0.497 e. The number of benzene rings is 1. The first-order valence-corrected chi connectivity index (χ1v) is 7.77. The van der Waals surface area contributed by atoms with Crippen LogP contribution in [0.2, 0.25) is 0 Å². The number of ether oxygens (including phenoxy) is 1. The average molecular weight is 302 g/mol. The zero-order chi connectivity index (χ0) is 14.3. The average Bonchev–Trinajstić information content (AvgIpc) is 2.38. The topological polar surface area (TPSA) is 81.4 Å². The molecule has 106 valence electrons. The minimum atomic E-state index is -3.46. The maximum Gasteiger partial charge on any atom is 0.240 e. The Morgan fingerprint density at radius 2 is 1.95 bits per heavy atom. The first-order chi connectivity index (χ1) is 8.95. The van der Waals surface area contributed by atoms with E-state index in [4.69, 9.17) is 22.7 Å². The van der Waals surface area contributed by atoms with Crippen molar-refractivity contribution in [2.45, 2.75) is 24.2 Å². The number of hydrogen-bond donors (Lipinski definition) is 2. The minimum absolute atomic E-state index is 0.225. The number of sulfonamides is 1. The van der Waals surface area contributed by atoms with Gasteiger partial charge in [0.05, 0.1) is 17.0 Å². The molecular formula is C12H18N2O3S2. The molecule has 0 aliphatic carbocycles. The van der Waals surface area contributed by atoms with Crippen LogP contribution in [0, 0.1) is 0 Å². The molecule has 0 heterocycles. The molecule has 0 atom stereocenters. The number of hydrogen-bond acceptors (Lipinski definition) is 4. The fraction of sp³-hybridized carbons (Fsp3) is 0.417. The second kappa shape index (κ2) is 7.42. The summed E-state index contributed by atoms with van der Waals surface area (Å²) in [4.78, 5) is 0.681. The van der Waals surface area contributed by atoms with Crippen LogP contribution in [-0.2, 0) is 10.0 Å². The number of nitrogens with two attached hydrogens (primary N) is 1. The molecule has 0 saturated carbocycles. The number of methoxy groups -OCH3 is 1. The number of thiocarbonyl (C=S) groups is 1. The van der Waals surface area contributed by atoms with E-state index in [0.717, 1.165) is 6.42 Å². The van der Waals surface area contributed by atoms with Crippen molar-refractivity contribution in [3.63, 3.8) is 0 Å². The third kappa shape index (κ3) is 5.54. The third-order valence-electron chi connectivity index (χ3n) is 2.51. The van der Waals surface area contributed by atoms with Crippen molar-refractivity contribution in [2.75, 3.05) is 13.7 Å². The lowest BCUT2D eigenvalue weighted by Gasteiger charge is -2.07. The molecule has 0 radical (unpaired) electrons. The van der Waals surface area contributed by atoms with Gasteiger partial charge in [0.25, 0.3) is 0 Å². The van der Waals surface area contributed by atoms with E-state index in [-0.39, 0.29) is 4.90 Å². The van der Waals surface area contributed by atoms with Crippen LogP contribution in [-0.4, -0.2) is 27.1 Å². The van der Waals surface area contributed by atoms with Crippen LogP contribution in [0.5, 0.6) is 5.75 Å². The Morgan fingerprint density at radius 1 is 1.32 bits per heavy atom. The van der Waals surface area contributed by atoms with Gasteiger partial charge in [0.2, 0.25) is 10.0 Å². The van der Waals surface area contributed by atoms with Crippen LogP contribution in [0.1, 0.15) is 19.3 Å². The highest BCUT2D eigenvalue weighted by atomic mass is 32.2. The van der Waals surface area contributed by atoms with Gasteiger partial charge >= 0.3 is 0 Å². The van der Waals surface area contributed by atoms with Gasteiger partial charge in [0.1, 0.15) is 5.75 Å². The van der Waals surface area contributed by atoms with E-state index in [1.165, 1.54) is 19.2 Å². The van der Waals surface area contributed by atoms with E-state index in [1.807, 2.05) is 0 Å². The maximum atomic E-state index is 11.9. The molecule has 0 bridgehead atoms. The SMILES string of the molecule is COc1ccc(S(=O)(=O)NCCCCC(N)=S)cc1. The summed E-state index contributed by atoms with van der Waals surface area (Å²) in [5, 5.41) is 0. The molecule has 7 heteroatoms. The van der Waals surface area contributed by atoms with Crippen LogP contribution in [0.4, 0.5) is 0 Å². The first-order valence-electron chi connectivity index (χ1n) is 5.88. The summed E-state index contributed by atoms with van der Waals surface area (Å²) < 4.78 is 31.4. The Kier molecular flexibility index (Phi) is 6.20. The smallest absolute Gasteiger partial charge is 0.240 e. The van der Waals surface area contributed by atoms with Crippen molar-refractivity contribution in [1.29, 1.82) is 0 Å². The molecule has 0 saturated heterocycles. The molecule has 3 N–H and O–H groups in total. The maximum absolute atomic E-state index is 11.9. The van der Waals surface area contributed by atoms with Gasteiger partial charge in [0.15, 0.2) is 0 Å². The summed E-state index contributed by atoms with van der Waals surface area (Å²) >= 11 is 4.75. The lowest BCUT2D eigenvalue weighted by atomic mass is 10.2. The normalized spacial score (nSPS) is 11.2. The van der Waals surface area contributed by atoms with Gasteiger partial charge in [-0.1, -0.05) is 12.2 Å². The van der Waals surface area contributed by atoms with Gasteiger partial charge in [-0.2, -0.15) is 0 Å². The second-order valence-corrected chi connectivity index (χ2v) is 6.29. The number of unbranched alkanes of at least 4 members (excludes halogenated alkanes) is 1. The highest BCUT2D eigenvalue weighted by Crippen LogP contribution is 2.15. The van der Waals surface area contributed by atoms with Gasteiger partial charge in [-0.25, -0.2) is 13.1 Å². The van der Waals surface area contributed by atoms with Gasteiger partial charge in [-0.3, -0.25) is 0 Å². The summed E-state index contributed by atoms with van der Waals surface area (Å²) in [5.41, 5.74) is 5.36. The molecule has 0 aliphatic heterocycles. The van der Waals surface area contributed by atoms with Crippen LogP contribution < -0.4 is 15.2 Å². The first kappa shape index (κ1) is 15.9. The predicted molar refractivity (Wildman–Crippen MR) is 78.8 cm³/mol.